The summed E-state index contributed by atoms with van der Waals surface area (Å²) >= 11 is 0. The van der Waals surface area contributed by atoms with Crippen LogP contribution in [0.15, 0.2) is 0 Å². The molecule has 44 heavy (non-hydrogen) atoms. The average Bonchev–Trinajstić information content (AvgIpc) is 2.81. The molecule has 0 unspecified atom stereocenters. The molecule has 268 valence electrons. The monoisotopic (exact) mass is 1070 g/mol. The van der Waals surface area contributed by atoms with Crippen molar-refractivity contribution in [3.63, 3.8) is 0 Å². The third-order valence-corrected chi connectivity index (χ3v) is 22.7. The summed E-state index contributed by atoms with van der Waals surface area (Å²) in [4.78, 5) is 0. The van der Waals surface area contributed by atoms with Crippen molar-refractivity contribution >= 4 is 31.7 Å². The van der Waals surface area contributed by atoms with Gasteiger partial charge in [0.2, 0.25) is 0 Å². The van der Waals surface area contributed by atoms with Crippen LogP contribution in [0.2, 0.25) is 0 Å². The summed E-state index contributed by atoms with van der Waals surface area (Å²) in [6.07, 6.45) is 0. The second kappa shape index (κ2) is 33.7. The molecule has 0 aliphatic heterocycles. The number of alkyl halides is 4. The summed E-state index contributed by atoms with van der Waals surface area (Å²) in [5.41, 5.74) is 1.17. The van der Waals surface area contributed by atoms with Gasteiger partial charge in [-0.25, -0.2) is 0 Å². The molecule has 14 heteroatoms. The van der Waals surface area contributed by atoms with Gasteiger partial charge in [-0.1, -0.05) is 0 Å². The Kier molecular flexibility index (Phi) is 48.5. The fourth-order valence-electron chi connectivity index (χ4n) is 5.90. The minimum atomic E-state index is -2.37. The molecule has 4 nitrogen and oxygen atoms in total. The molecular formula is C30H60F4N4P4Pt2. The first-order valence-corrected chi connectivity index (χ1v) is 20.8. The van der Waals surface area contributed by atoms with E-state index in [-0.39, 0.29) is 87.4 Å². The molecule has 0 aromatic carbocycles. The van der Waals surface area contributed by atoms with E-state index in [1.54, 1.807) is 0 Å². The molecule has 0 aliphatic carbocycles. The van der Waals surface area contributed by atoms with Crippen LogP contribution in [0.25, 0.3) is 0 Å². The molecule has 0 saturated carbocycles. The van der Waals surface area contributed by atoms with E-state index in [9.17, 15) is 17.6 Å². The van der Waals surface area contributed by atoms with Crippen LogP contribution in [0.5, 0.6) is 0 Å². The van der Waals surface area contributed by atoms with Crippen LogP contribution in [0.3, 0.4) is 0 Å². The van der Waals surface area contributed by atoms with Crippen LogP contribution in [-0.4, -0.2) is 56.1 Å². The smallest absolute Gasteiger partial charge is 0.450 e. The molecule has 0 heterocycles. The number of nitrogens with zero attached hydrogens (tertiary/aromatic N) is 4. The van der Waals surface area contributed by atoms with Gasteiger partial charge in [0.15, 0.2) is 0 Å². The van der Waals surface area contributed by atoms with E-state index in [0.29, 0.717) is 0 Å². The molecule has 0 spiro atoms. The van der Waals surface area contributed by atoms with Crippen LogP contribution in [0, 0.1) is 47.3 Å². The topological polar surface area (TPSA) is 95.2 Å². The molecule has 0 saturated heterocycles. The quantitative estimate of drug-likeness (QED) is 0.111. The van der Waals surface area contributed by atoms with Crippen LogP contribution in [-0.2, 0) is 42.1 Å². The maximum absolute atomic E-state index is 14.8. The van der Waals surface area contributed by atoms with Crippen LogP contribution < -0.4 is 0 Å². The first-order chi connectivity index (χ1) is 19.1. The molecule has 0 aromatic heterocycles. The summed E-state index contributed by atoms with van der Waals surface area (Å²) in [7, 11) is -6.52. The van der Waals surface area contributed by atoms with Gasteiger partial charge < -0.3 is 47.3 Å². The van der Waals surface area contributed by atoms with Gasteiger partial charge in [0.25, 0.3) is 0 Å². The maximum atomic E-state index is 14.8. The molecule has 0 N–H and O–H groups in total. The Morgan fingerprint density at radius 1 is 0.318 bits per heavy atom. The second-order valence-corrected chi connectivity index (χ2v) is 28.6. The fraction of sp³-hybridized carbons (Fsp3) is 0.867. The molecule has 0 atom stereocenters. The maximum Gasteiger partial charge on any atom is 0.450 e. The molecule has 0 rings (SSSR count). The molecule has 0 bridgehead atoms. The van der Waals surface area contributed by atoms with Gasteiger partial charge in [-0.3, -0.25) is 0 Å². The molecular weight excluding hydrogens is 1010 g/mol. The molecule has 0 amide bonds. The van der Waals surface area contributed by atoms with Crippen LogP contribution in [0.4, 0.5) is 17.6 Å². The van der Waals surface area contributed by atoms with E-state index >= 15 is 0 Å². The minimum absolute atomic E-state index is 0. The van der Waals surface area contributed by atoms with Crippen LogP contribution >= 0.6 is 31.7 Å². The third kappa shape index (κ3) is 23.2. The third-order valence-electron chi connectivity index (χ3n) is 6.43. The van der Waals surface area contributed by atoms with Gasteiger partial charge in [-0.05, 0) is 111 Å². The predicted octanol–water partition coefficient (Wildman–Crippen LogP) is 11.6. The number of halogens is 4. The van der Waals surface area contributed by atoms with Crippen LogP contribution in [0.1, 0.15) is 111 Å². The zero-order valence-electron chi connectivity index (χ0n) is 29.6. The van der Waals surface area contributed by atoms with Crippen molar-refractivity contribution in [2.24, 2.45) is 0 Å². The number of rotatable bonds is 12. The summed E-state index contributed by atoms with van der Waals surface area (Å²) in [5, 5.41) is 20.2. The van der Waals surface area contributed by atoms with Gasteiger partial charge >= 0.3 is 10.8 Å². The van der Waals surface area contributed by atoms with E-state index in [4.69, 9.17) is 47.3 Å². The van der Waals surface area contributed by atoms with Gasteiger partial charge in [0.05, 0.1) is 45.3 Å². The number of hydrogen-bond acceptors (Lipinski definition) is 4. The molecule has 0 fully saturated rings. The van der Waals surface area contributed by atoms with Crippen molar-refractivity contribution in [2.45, 2.75) is 167 Å². The Labute approximate surface area is 303 Å². The van der Waals surface area contributed by atoms with E-state index in [2.05, 4.69) is 0 Å². The number of hydrogen-bond donors (Lipinski definition) is 0. The summed E-state index contributed by atoms with van der Waals surface area (Å²) in [6, 6.07) is 0. The van der Waals surface area contributed by atoms with Crippen molar-refractivity contribution < 1.29 is 59.7 Å². The molecule has 0 aromatic rings. The predicted molar refractivity (Wildman–Crippen MR) is 184 cm³/mol. The van der Waals surface area contributed by atoms with Crippen molar-refractivity contribution in [3.8, 4) is 0 Å². The zero-order valence-corrected chi connectivity index (χ0v) is 38.1. The van der Waals surface area contributed by atoms with Gasteiger partial charge in [0.1, 0.15) is 31.7 Å². The standard InChI is InChI=1S/2C13H28F2P2.4CN.2Pt/c2*1-9(2)16(10(3)4)13(14,15)17(11(5)6)12(7)8;4*1-2;;/h2*9-12H,1-8H3;;;;;;/q;;4*-1;;/p+4. The Morgan fingerprint density at radius 3 is 0.432 bits per heavy atom. The summed E-state index contributed by atoms with van der Waals surface area (Å²) < 4.78 is 59.4. The van der Waals surface area contributed by atoms with Crippen molar-refractivity contribution in [1.29, 1.82) is 21.0 Å². The van der Waals surface area contributed by atoms with Crippen molar-refractivity contribution in [1.82, 2.24) is 0 Å². The fourth-order valence-corrected chi connectivity index (χ4v) is 26.6. The van der Waals surface area contributed by atoms with E-state index in [1.165, 1.54) is 0 Å². The molecule has 0 aliphatic rings. The normalized spacial score (nSPS) is 11.1. The van der Waals surface area contributed by atoms with Crippen molar-refractivity contribution in [2.75, 3.05) is 0 Å². The first-order valence-electron chi connectivity index (χ1n) is 14.2. The summed E-state index contributed by atoms with van der Waals surface area (Å²) in [6.45, 7) is 50.6. The largest absolute Gasteiger partial charge is 0.512 e. The van der Waals surface area contributed by atoms with Gasteiger partial charge in [0, 0.05) is 42.1 Å². The Bertz CT molecular complexity index is 585. The van der Waals surface area contributed by atoms with Gasteiger partial charge in [-0.2, -0.15) is 0 Å². The van der Waals surface area contributed by atoms with Gasteiger partial charge in [-0.15, -0.1) is 17.6 Å². The second-order valence-electron chi connectivity index (χ2n) is 12.2. The Morgan fingerprint density at radius 2 is 0.386 bits per heavy atom. The van der Waals surface area contributed by atoms with E-state index in [0.717, 1.165) is 0 Å². The Balaban J connectivity index is -0.0000000768. The average molecular weight is 1070 g/mol. The minimum Gasteiger partial charge on any atom is -0.512 e. The first kappa shape index (κ1) is 63.4. The van der Waals surface area contributed by atoms with E-state index < -0.39 is 42.5 Å². The molecule has 0 radical (unpaired) electrons. The van der Waals surface area contributed by atoms with E-state index in [1.807, 2.05) is 111 Å². The SMILES string of the molecule is CC(C)[PH+](C(C)C)C(F)(F)[PH+](C(C)C)C(C)C.CC(C)[PH+](C(C)C)C(F)(F)[PH+](C(C)C)C(C)C.[C-]#N.[C-]#N.[C-]#N.[C-]#N.[Pt].[Pt]. The zero-order chi connectivity index (χ0) is 35.9. The Hall–Kier alpha value is 0.777. The van der Waals surface area contributed by atoms with Crippen molar-refractivity contribution in [3.05, 3.63) is 26.3 Å². The summed E-state index contributed by atoms with van der Waals surface area (Å²) in [5.74, 6) is 0.